The summed E-state index contributed by atoms with van der Waals surface area (Å²) in [5.74, 6) is -0.203. The van der Waals surface area contributed by atoms with Gasteiger partial charge in [-0.1, -0.05) is 0 Å². The fraction of sp³-hybridized carbons (Fsp3) is 0.533. The van der Waals surface area contributed by atoms with Crippen LogP contribution in [0.25, 0.3) is 0 Å². The van der Waals surface area contributed by atoms with Crippen LogP contribution in [-0.2, 0) is 14.3 Å². The van der Waals surface area contributed by atoms with E-state index in [1.54, 1.807) is 0 Å². The van der Waals surface area contributed by atoms with Crippen molar-refractivity contribution in [1.82, 2.24) is 14.9 Å². The Morgan fingerprint density at radius 2 is 1.85 bits per heavy atom. The zero-order valence-corrected chi connectivity index (χ0v) is 14.8. The molecule has 2 aliphatic heterocycles. The van der Waals surface area contributed by atoms with Gasteiger partial charge in [0.15, 0.2) is 5.69 Å². The number of nitrogen functional groups attached to an aromatic ring is 1. The third kappa shape index (κ3) is 6.67. The van der Waals surface area contributed by atoms with Crippen LogP contribution in [0.1, 0.15) is 10.5 Å². The van der Waals surface area contributed by atoms with Crippen molar-refractivity contribution in [2.24, 2.45) is 5.92 Å². The highest BCUT2D eigenvalue weighted by Crippen LogP contribution is 2.23. The number of hydrogen-bond acceptors (Lipinski definition) is 9. The molecule has 0 spiro atoms. The van der Waals surface area contributed by atoms with Gasteiger partial charge in [-0.15, -0.1) is 0 Å². The lowest BCUT2D eigenvalue weighted by molar-refractivity contribution is -0.123. The second kappa shape index (κ2) is 10.9. The van der Waals surface area contributed by atoms with Crippen LogP contribution in [0.3, 0.4) is 0 Å². The van der Waals surface area contributed by atoms with Gasteiger partial charge in [0.05, 0.1) is 19.3 Å². The summed E-state index contributed by atoms with van der Waals surface area (Å²) in [5.41, 5.74) is 5.65. The van der Waals surface area contributed by atoms with Gasteiger partial charge in [0.2, 0.25) is 5.95 Å². The Balaban J connectivity index is 0.000000540. The highest BCUT2D eigenvalue weighted by atomic mass is 16.5. The fourth-order valence-corrected chi connectivity index (χ4v) is 3.01. The summed E-state index contributed by atoms with van der Waals surface area (Å²) in [5, 5.41) is 22.9. The molecule has 27 heavy (non-hydrogen) atoms. The smallest absolute Gasteiger partial charge is 0.354 e. The number of rotatable bonds is 2. The van der Waals surface area contributed by atoms with Crippen molar-refractivity contribution in [2.45, 2.75) is 6.04 Å². The van der Waals surface area contributed by atoms with Crippen LogP contribution in [0.4, 0.5) is 11.8 Å². The van der Waals surface area contributed by atoms with Gasteiger partial charge < -0.3 is 35.6 Å². The molecule has 0 unspecified atom stereocenters. The summed E-state index contributed by atoms with van der Waals surface area (Å²) in [6.07, 6.45) is 0. The van der Waals surface area contributed by atoms with Gasteiger partial charge in [0.25, 0.3) is 12.9 Å². The molecule has 2 fully saturated rings. The molecule has 150 valence electrons. The molecule has 3 heterocycles. The van der Waals surface area contributed by atoms with E-state index in [0.717, 1.165) is 19.6 Å². The fourth-order valence-electron chi connectivity index (χ4n) is 3.01. The van der Waals surface area contributed by atoms with E-state index in [2.05, 4.69) is 21.9 Å². The molecule has 12 heteroatoms. The van der Waals surface area contributed by atoms with Gasteiger partial charge in [-0.05, 0) is 7.05 Å². The van der Waals surface area contributed by atoms with Crippen LogP contribution in [0.15, 0.2) is 6.07 Å². The minimum atomic E-state index is -1.10. The second-order valence-electron chi connectivity index (χ2n) is 5.92. The highest BCUT2D eigenvalue weighted by molar-refractivity contribution is 5.86. The zero-order valence-electron chi connectivity index (χ0n) is 14.8. The van der Waals surface area contributed by atoms with Gasteiger partial charge in [-0.25, -0.2) is 9.78 Å². The Kier molecular flexibility index (Phi) is 8.89. The maximum atomic E-state index is 11.1. The van der Waals surface area contributed by atoms with Crippen LogP contribution in [-0.4, -0.2) is 95.0 Å². The van der Waals surface area contributed by atoms with Crippen LogP contribution < -0.4 is 10.6 Å². The number of aromatic nitrogens is 2. The first kappa shape index (κ1) is 22.1. The predicted octanol–water partition coefficient (Wildman–Crippen LogP) is -1.07. The lowest BCUT2D eigenvalue weighted by atomic mass is 10.1. The molecule has 2 aliphatic rings. The molecule has 0 saturated carbocycles. The maximum absolute atomic E-state index is 11.1. The highest BCUT2D eigenvalue weighted by Gasteiger charge is 2.33. The van der Waals surface area contributed by atoms with E-state index in [1.807, 2.05) is 4.90 Å². The van der Waals surface area contributed by atoms with Crippen molar-refractivity contribution in [3.8, 4) is 0 Å². The number of hydrogen-bond donors (Lipinski definition) is 4. The van der Waals surface area contributed by atoms with E-state index in [-0.39, 0.29) is 30.5 Å². The molecule has 0 amide bonds. The number of likely N-dealkylation sites (N-methyl/N-ethyl adjacent to an activating group) is 1. The van der Waals surface area contributed by atoms with E-state index >= 15 is 0 Å². The van der Waals surface area contributed by atoms with Gasteiger partial charge in [0, 0.05) is 31.6 Å². The first-order valence-electron chi connectivity index (χ1n) is 7.92. The van der Waals surface area contributed by atoms with Gasteiger partial charge in [0.1, 0.15) is 5.82 Å². The van der Waals surface area contributed by atoms with Crippen LogP contribution in [0.2, 0.25) is 0 Å². The summed E-state index contributed by atoms with van der Waals surface area (Å²) in [4.78, 5) is 40.5. The summed E-state index contributed by atoms with van der Waals surface area (Å²) in [7, 11) is 2.08. The largest absolute Gasteiger partial charge is 0.483 e. The third-order valence-corrected chi connectivity index (χ3v) is 3.86. The van der Waals surface area contributed by atoms with Gasteiger partial charge >= 0.3 is 5.97 Å². The monoisotopic (exact) mass is 385 g/mol. The van der Waals surface area contributed by atoms with Crippen LogP contribution >= 0.6 is 0 Å². The average Bonchev–Trinajstić information content (AvgIpc) is 2.86. The van der Waals surface area contributed by atoms with Crippen molar-refractivity contribution in [3.63, 3.8) is 0 Å². The predicted molar refractivity (Wildman–Crippen MR) is 93.7 cm³/mol. The van der Waals surface area contributed by atoms with Crippen LogP contribution in [0.5, 0.6) is 0 Å². The van der Waals surface area contributed by atoms with Crippen molar-refractivity contribution < 1.29 is 34.4 Å². The molecule has 5 N–H and O–H groups in total. The molecule has 2 bridgehead atoms. The number of fused-ring (bicyclic) bond motifs is 3. The number of carbonyl (C=O) groups is 3. The summed E-state index contributed by atoms with van der Waals surface area (Å²) < 4.78 is 5.70. The summed E-state index contributed by atoms with van der Waals surface area (Å²) in [6.45, 7) is 3.31. The number of aromatic carboxylic acids is 1. The first-order valence-corrected chi connectivity index (χ1v) is 7.92. The Morgan fingerprint density at radius 3 is 2.44 bits per heavy atom. The Morgan fingerprint density at radius 1 is 1.22 bits per heavy atom. The molecule has 0 aromatic carbocycles. The standard InChI is InChI=1S/C13H19N5O3.2CH2O2/c1-17-3-8-4-18(9(5-17)7-21-6-8)13-15-10(12(19)20)2-11(14)16-13;2*2-1-3/h2,8-9H,3-7H2,1H3,(H,19,20)(H2,14,15,16);2*1H,(H,2,3)/t8-,9-;;/m0../s1. The molecule has 3 rings (SSSR count). The Labute approximate surface area is 155 Å². The maximum Gasteiger partial charge on any atom is 0.354 e. The minimum absolute atomic E-state index is 0.0782. The molecule has 0 aliphatic carbocycles. The first-order chi connectivity index (χ1) is 12.9. The SMILES string of the molecule is CN1C[C@@H]2COC[C@H](C1)N(c1nc(N)cc(C(=O)O)n1)C2.O=CO.O=CO. The third-order valence-electron chi connectivity index (χ3n) is 3.86. The molecule has 0 radical (unpaired) electrons. The minimum Gasteiger partial charge on any atom is -0.483 e. The second-order valence-corrected chi connectivity index (χ2v) is 5.92. The van der Waals surface area contributed by atoms with Crippen LogP contribution in [0, 0.1) is 5.92 Å². The average molecular weight is 385 g/mol. The molecular weight excluding hydrogens is 362 g/mol. The normalized spacial score (nSPS) is 21.4. The Hall–Kier alpha value is -2.99. The van der Waals surface area contributed by atoms with E-state index in [4.69, 9.17) is 35.4 Å². The number of carboxylic acids is 1. The summed E-state index contributed by atoms with van der Waals surface area (Å²) >= 11 is 0. The number of anilines is 2. The van der Waals surface area contributed by atoms with E-state index < -0.39 is 5.97 Å². The molecule has 12 nitrogen and oxygen atoms in total. The van der Waals surface area contributed by atoms with E-state index in [1.165, 1.54) is 6.07 Å². The van der Waals surface area contributed by atoms with E-state index in [9.17, 15) is 4.79 Å². The number of nitrogens with two attached hydrogens (primary N) is 1. The molecule has 2 saturated heterocycles. The van der Waals surface area contributed by atoms with Gasteiger partial charge in [-0.3, -0.25) is 9.59 Å². The van der Waals surface area contributed by atoms with Crippen molar-refractivity contribution >= 4 is 30.7 Å². The molecule has 1 aromatic heterocycles. The molecule has 1 aromatic rings. The van der Waals surface area contributed by atoms with Crippen molar-refractivity contribution in [2.75, 3.05) is 50.5 Å². The Bertz CT molecular complexity index is 639. The topological polar surface area (TPSA) is 179 Å². The number of ether oxygens (including phenoxy) is 1. The van der Waals surface area contributed by atoms with Crippen molar-refractivity contribution in [1.29, 1.82) is 0 Å². The quantitative estimate of drug-likeness (QED) is 0.453. The van der Waals surface area contributed by atoms with Crippen molar-refractivity contribution in [3.05, 3.63) is 11.8 Å². The lowest BCUT2D eigenvalue weighted by Gasteiger charge is -2.29. The number of nitrogens with zero attached hydrogens (tertiary/aromatic N) is 4. The lowest BCUT2D eigenvalue weighted by Crippen LogP contribution is -2.43. The van der Waals surface area contributed by atoms with E-state index in [0.29, 0.717) is 25.1 Å². The zero-order chi connectivity index (χ0) is 20.4. The number of carboxylic acid groups (broad SMARTS) is 3. The molecular formula is C15H23N5O7. The van der Waals surface area contributed by atoms with Gasteiger partial charge in [-0.2, -0.15) is 4.98 Å². The molecule has 2 atom stereocenters. The summed E-state index contributed by atoms with van der Waals surface area (Å²) in [6, 6.07) is 1.38.